The third-order valence-electron chi connectivity index (χ3n) is 1.19. The van der Waals surface area contributed by atoms with Gasteiger partial charge in [0.15, 0.2) is 0 Å². The van der Waals surface area contributed by atoms with Gasteiger partial charge in [-0.15, -0.1) is 0 Å². The molecule has 0 aromatic rings. The van der Waals surface area contributed by atoms with Crippen LogP contribution in [-0.2, 0) is 9.59 Å². The molecule has 1 unspecified atom stereocenters. The molecule has 0 saturated carbocycles. The summed E-state index contributed by atoms with van der Waals surface area (Å²) in [6.07, 6.45) is 1.92. The lowest BCUT2D eigenvalue weighted by molar-refractivity contribution is -0.122. The highest BCUT2D eigenvalue weighted by atomic mass is 16.2. The summed E-state index contributed by atoms with van der Waals surface area (Å²) in [7, 11) is 0. The van der Waals surface area contributed by atoms with Crippen molar-refractivity contribution >= 4 is 12.3 Å². The molecule has 1 atom stereocenters. The number of rotatable bonds is 5. The number of primary amides is 1. The molecule has 4 heteroatoms. The molecule has 0 radical (unpaired) electrons. The summed E-state index contributed by atoms with van der Waals surface area (Å²) in [5.74, 6) is -0.478. The van der Waals surface area contributed by atoms with Gasteiger partial charge >= 0.3 is 0 Å². The zero-order chi connectivity index (χ0) is 7.98. The number of nitrogens with two attached hydrogens (primary N) is 1. The second kappa shape index (κ2) is 4.78. The van der Waals surface area contributed by atoms with Gasteiger partial charge in [-0.2, -0.15) is 0 Å². The molecule has 0 fully saturated rings. The molecule has 3 N–H and O–H groups in total. The second-order valence-corrected chi connectivity index (χ2v) is 2.03. The topological polar surface area (TPSA) is 72.2 Å². The first-order valence-electron chi connectivity index (χ1n) is 3.21. The maximum atomic E-state index is 10.5. The SMILES string of the molecule is CCCC(NC=O)C(N)=O. The van der Waals surface area contributed by atoms with Crippen LogP contribution in [0.5, 0.6) is 0 Å². The monoisotopic (exact) mass is 144 g/mol. The Morgan fingerprint density at radius 1 is 1.80 bits per heavy atom. The van der Waals surface area contributed by atoms with E-state index in [4.69, 9.17) is 5.73 Å². The number of hydrogen-bond donors (Lipinski definition) is 2. The highest BCUT2D eigenvalue weighted by Gasteiger charge is 2.11. The molecule has 58 valence electrons. The van der Waals surface area contributed by atoms with Gasteiger partial charge in [0, 0.05) is 0 Å². The molecule has 0 aliphatic heterocycles. The lowest BCUT2D eigenvalue weighted by atomic mass is 10.1. The normalized spacial score (nSPS) is 12.1. The highest BCUT2D eigenvalue weighted by Crippen LogP contribution is 1.93. The van der Waals surface area contributed by atoms with Crippen molar-refractivity contribution in [3.05, 3.63) is 0 Å². The average molecular weight is 144 g/mol. The minimum Gasteiger partial charge on any atom is -0.368 e. The van der Waals surface area contributed by atoms with E-state index < -0.39 is 11.9 Å². The first-order valence-corrected chi connectivity index (χ1v) is 3.21. The second-order valence-electron chi connectivity index (χ2n) is 2.03. The van der Waals surface area contributed by atoms with E-state index in [1.165, 1.54) is 0 Å². The zero-order valence-electron chi connectivity index (χ0n) is 5.96. The van der Waals surface area contributed by atoms with Crippen LogP contribution in [0.15, 0.2) is 0 Å². The van der Waals surface area contributed by atoms with Crippen LogP contribution in [-0.4, -0.2) is 18.4 Å². The predicted molar refractivity (Wildman–Crippen MR) is 37.1 cm³/mol. The van der Waals surface area contributed by atoms with Crippen LogP contribution in [0.3, 0.4) is 0 Å². The van der Waals surface area contributed by atoms with Gasteiger partial charge in [-0.25, -0.2) is 0 Å². The van der Waals surface area contributed by atoms with Crippen molar-refractivity contribution in [3.63, 3.8) is 0 Å². The molecule has 0 saturated heterocycles. The summed E-state index contributed by atoms with van der Waals surface area (Å²) in [5, 5.41) is 2.33. The molecule has 0 aromatic heterocycles. The van der Waals surface area contributed by atoms with E-state index in [2.05, 4.69) is 5.32 Å². The van der Waals surface area contributed by atoms with Gasteiger partial charge in [0.05, 0.1) is 0 Å². The van der Waals surface area contributed by atoms with E-state index in [0.717, 1.165) is 6.42 Å². The van der Waals surface area contributed by atoms with E-state index in [-0.39, 0.29) is 0 Å². The molecule has 4 nitrogen and oxygen atoms in total. The van der Waals surface area contributed by atoms with Crippen molar-refractivity contribution in [1.82, 2.24) is 5.32 Å². The number of carbonyl (C=O) groups is 2. The third kappa shape index (κ3) is 3.06. The van der Waals surface area contributed by atoms with Gasteiger partial charge in [0.2, 0.25) is 12.3 Å². The first-order chi connectivity index (χ1) is 4.72. The fourth-order valence-electron chi connectivity index (χ4n) is 0.679. The van der Waals surface area contributed by atoms with Crippen molar-refractivity contribution in [1.29, 1.82) is 0 Å². The Labute approximate surface area is 59.8 Å². The summed E-state index contributed by atoms with van der Waals surface area (Å²) >= 11 is 0. The Balaban J connectivity index is 3.71. The number of amides is 2. The van der Waals surface area contributed by atoms with Crippen LogP contribution < -0.4 is 11.1 Å². The summed E-state index contributed by atoms with van der Waals surface area (Å²) in [4.78, 5) is 20.4. The summed E-state index contributed by atoms with van der Waals surface area (Å²) < 4.78 is 0. The molecule has 0 bridgehead atoms. The van der Waals surface area contributed by atoms with Gasteiger partial charge in [-0.05, 0) is 6.42 Å². The lowest BCUT2D eigenvalue weighted by Crippen LogP contribution is -2.40. The van der Waals surface area contributed by atoms with Crippen LogP contribution in [0.25, 0.3) is 0 Å². The Morgan fingerprint density at radius 3 is 2.70 bits per heavy atom. The average Bonchev–Trinajstić information content (AvgIpc) is 1.87. The minimum atomic E-state index is -0.498. The molecular weight excluding hydrogens is 132 g/mol. The van der Waals surface area contributed by atoms with Crippen molar-refractivity contribution < 1.29 is 9.59 Å². The molecule has 0 heterocycles. The summed E-state index contributed by atoms with van der Waals surface area (Å²) in [6.45, 7) is 1.92. The molecule has 0 aromatic carbocycles. The largest absolute Gasteiger partial charge is 0.368 e. The Bertz CT molecular complexity index is 125. The fraction of sp³-hybridized carbons (Fsp3) is 0.667. The van der Waals surface area contributed by atoms with Gasteiger partial charge < -0.3 is 11.1 Å². The van der Waals surface area contributed by atoms with Crippen molar-refractivity contribution in [2.45, 2.75) is 25.8 Å². The van der Waals surface area contributed by atoms with Crippen LogP contribution in [0, 0.1) is 0 Å². The first kappa shape index (κ1) is 8.94. The van der Waals surface area contributed by atoms with Gasteiger partial charge in [0.25, 0.3) is 0 Å². The van der Waals surface area contributed by atoms with Crippen LogP contribution in [0.2, 0.25) is 0 Å². The molecule has 10 heavy (non-hydrogen) atoms. The van der Waals surface area contributed by atoms with Crippen LogP contribution in [0.4, 0.5) is 0 Å². The van der Waals surface area contributed by atoms with Gasteiger partial charge in [-0.1, -0.05) is 13.3 Å². The highest BCUT2D eigenvalue weighted by molar-refractivity contribution is 5.81. The van der Waals surface area contributed by atoms with E-state index in [0.29, 0.717) is 12.8 Å². The lowest BCUT2D eigenvalue weighted by Gasteiger charge is -2.09. The smallest absolute Gasteiger partial charge is 0.239 e. The third-order valence-corrected chi connectivity index (χ3v) is 1.19. The Kier molecular flexibility index (Phi) is 4.28. The number of nitrogens with one attached hydrogen (secondary N) is 1. The predicted octanol–water partition coefficient (Wildman–Crippen LogP) is -0.614. The van der Waals surface area contributed by atoms with Crippen molar-refractivity contribution in [2.24, 2.45) is 5.73 Å². The zero-order valence-corrected chi connectivity index (χ0v) is 5.96. The van der Waals surface area contributed by atoms with Gasteiger partial charge in [-0.3, -0.25) is 9.59 Å². The minimum absolute atomic E-state index is 0.478. The van der Waals surface area contributed by atoms with E-state index in [1.807, 2.05) is 6.92 Å². The standard InChI is InChI=1S/C6H12N2O2/c1-2-3-5(6(7)10)8-4-9/h4-5H,2-3H2,1H3,(H2,7,10)(H,8,9). The molecule has 0 aliphatic rings. The molecular formula is C6H12N2O2. The maximum Gasteiger partial charge on any atom is 0.239 e. The Hall–Kier alpha value is -1.06. The van der Waals surface area contributed by atoms with Crippen molar-refractivity contribution in [3.8, 4) is 0 Å². The number of carbonyl (C=O) groups excluding carboxylic acids is 2. The summed E-state index contributed by atoms with van der Waals surface area (Å²) in [6, 6.07) is -0.498. The molecule has 0 rings (SSSR count). The maximum absolute atomic E-state index is 10.5. The van der Waals surface area contributed by atoms with E-state index >= 15 is 0 Å². The van der Waals surface area contributed by atoms with Crippen LogP contribution in [0.1, 0.15) is 19.8 Å². The van der Waals surface area contributed by atoms with Crippen LogP contribution >= 0.6 is 0 Å². The molecule has 0 spiro atoms. The van der Waals surface area contributed by atoms with Gasteiger partial charge in [0.1, 0.15) is 6.04 Å². The van der Waals surface area contributed by atoms with Crippen molar-refractivity contribution in [2.75, 3.05) is 0 Å². The molecule has 2 amide bonds. The summed E-state index contributed by atoms with van der Waals surface area (Å²) in [5.41, 5.74) is 4.95. The number of hydrogen-bond acceptors (Lipinski definition) is 2. The van der Waals surface area contributed by atoms with E-state index in [1.54, 1.807) is 0 Å². The van der Waals surface area contributed by atoms with E-state index in [9.17, 15) is 9.59 Å². The fourth-order valence-corrected chi connectivity index (χ4v) is 0.679. The Morgan fingerprint density at radius 2 is 2.40 bits per heavy atom. The molecule has 0 aliphatic carbocycles. The quantitative estimate of drug-likeness (QED) is 0.505.